The molecule has 0 aromatic heterocycles. The fourth-order valence-corrected chi connectivity index (χ4v) is 0.470. The predicted molar refractivity (Wildman–Crippen MR) is 34.3 cm³/mol. The van der Waals surface area contributed by atoms with Gasteiger partial charge in [-0.2, -0.15) is 0 Å². The fourth-order valence-electron chi connectivity index (χ4n) is 0.470. The maximum absolute atomic E-state index is 3.74. The molecule has 0 saturated carbocycles. The van der Waals surface area contributed by atoms with E-state index in [9.17, 15) is 0 Å². The SMILES string of the molecule is [C]1=NC=CCCC=N1. The first-order valence-electron chi connectivity index (χ1n) is 2.61. The first-order chi connectivity index (χ1) is 4.00. The minimum atomic E-state index is 0.999. The summed E-state index contributed by atoms with van der Waals surface area (Å²) < 4.78 is 0. The Morgan fingerprint density at radius 2 is 2.38 bits per heavy atom. The Hall–Kier alpha value is -0.920. The van der Waals surface area contributed by atoms with Crippen molar-refractivity contribution in [3.05, 3.63) is 12.3 Å². The zero-order chi connectivity index (χ0) is 5.66. The molecule has 1 rings (SSSR count). The molecule has 0 unspecified atom stereocenters. The predicted octanol–water partition coefficient (Wildman–Crippen LogP) is 1.27. The molecule has 1 aliphatic heterocycles. The molecule has 0 aromatic rings. The second-order valence-electron chi connectivity index (χ2n) is 1.50. The van der Waals surface area contributed by atoms with E-state index in [0.717, 1.165) is 12.8 Å². The first kappa shape index (κ1) is 5.22. The largest absolute Gasteiger partial charge is 0.238 e. The van der Waals surface area contributed by atoms with E-state index >= 15 is 0 Å². The minimum absolute atomic E-state index is 0.999. The van der Waals surface area contributed by atoms with Crippen LogP contribution in [0.5, 0.6) is 0 Å². The molecule has 8 heavy (non-hydrogen) atoms. The number of hydrogen-bond donors (Lipinski definition) is 0. The third-order valence-electron chi connectivity index (χ3n) is 0.849. The van der Waals surface area contributed by atoms with Crippen molar-refractivity contribution in [3.8, 4) is 0 Å². The van der Waals surface area contributed by atoms with Crippen LogP contribution in [-0.4, -0.2) is 12.6 Å². The van der Waals surface area contributed by atoms with Crippen molar-refractivity contribution in [2.24, 2.45) is 9.98 Å². The Labute approximate surface area is 48.7 Å². The Morgan fingerprint density at radius 3 is 3.38 bits per heavy atom. The molecule has 41 valence electrons. The molecule has 0 aliphatic carbocycles. The summed E-state index contributed by atoms with van der Waals surface area (Å²) in [7, 11) is 0. The van der Waals surface area contributed by atoms with Crippen LogP contribution < -0.4 is 0 Å². The van der Waals surface area contributed by atoms with Crippen molar-refractivity contribution in [1.29, 1.82) is 0 Å². The van der Waals surface area contributed by atoms with E-state index in [4.69, 9.17) is 0 Å². The molecule has 1 aliphatic rings. The summed E-state index contributed by atoms with van der Waals surface area (Å²) in [5.74, 6) is 0. The summed E-state index contributed by atoms with van der Waals surface area (Å²) in [6, 6.07) is 0. The Balaban J connectivity index is 2.51. The molecule has 0 atom stereocenters. The number of hydrogen-bond acceptors (Lipinski definition) is 2. The van der Waals surface area contributed by atoms with E-state index in [1.165, 1.54) is 0 Å². The lowest BCUT2D eigenvalue weighted by atomic mass is 10.3. The summed E-state index contributed by atoms with van der Waals surface area (Å²) in [6.45, 7) is 0. The van der Waals surface area contributed by atoms with Crippen molar-refractivity contribution in [2.45, 2.75) is 12.8 Å². The third-order valence-corrected chi connectivity index (χ3v) is 0.849. The van der Waals surface area contributed by atoms with Gasteiger partial charge in [-0.05, 0) is 12.8 Å². The van der Waals surface area contributed by atoms with Gasteiger partial charge in [0.25, 0.3) is 0 Å². The van der Waals surface area contributed by atoms with E-state index in [2.05, 4.69) is 16.3 Å². The molecule has 0 saturated heterocycles. The topological polar surface area (TPSA) is 24.7 Å². The van der Waals surface area contributed by atoms with E-state index in [1.807, 2.05) is 12.3 Å². The number of allylic oxidation sites excluding steroid dienone is 1. The smallest absolute Gasteiger partial charge is 0.197 e. The maximum Gasteiger partial charge on any atom is 0.197 e. The van der Waals surface area contributed by atoms with Crippen molar-refractivity contribution in [3.63, 3.8) is 0 Å². The summed E-state index contributed by atoms with van der Waals surface area (Å²) >= 11 is 0. The molecule has 0 spiro atoms. The molecule has 0 bridgehead atoms. The second-order valence-corrected chi connectivity index (χ2v) is 1.50. The highest BCUT2D eigenvalue weighted by Gasteiger charge is 1.77. The van der Waals surface area contributed by atoms with Gasteiger partial charge >= 0.3 is 0 Å². The van der Waals surface area contributed by atoms with E-state index < -0.39 is 0 Å². The van der Waals surface area contributed by atoms with Crippen molar-refractivity contribution < 1.29 is 0 Å². The van der Waals surface area contributed by atoms with E-state index in [1.54, 1.807) is 6.20 Å². The zero-order valence-corrected chi connectivity index (χ0v) is 4.54. The molecule has 2 nitrogen and oxygen atoms in total. The van der Waals surface area contributed by atoms with Gasteiger partial charge < -0.3 is 0 Å². The monoisotopic (exact) mass is 107 g/mol. The molecular formula is C6H7N2. The second kappa shape index (κ2) is 3.13. The van der Waals surface area contributed by atoms with Crippen LogP contribution in [0, 0.1) is 0 Å². The van der Waals surface area contributed by atoms with Gasteiger partial charge in [-0.25, -0.2) is 9.98 Å². The highest BCUT2D eigenvalue weighted by Crippen LogP contribution is 1.89. The van der Waals surface area contributed by atoms with Crippen LogP contribution in [0.2, 0.25) is 0 Å². The van der Waals surface area contributed by atoms with E-state index in [-0.39, 0.29) is 0 Å². The van der Waals surface area contributed by atoms with Crippen LogP contribution in [0.1, 0.15) is 12.8 Å². The highest BCUT2D eigenvalue weighted by molar-refractivity contribution is 5.72. The highest BCUT2D eigenvalue weighted by atomic mass is 14.8. The van der Waals surface area contributed by atoms with Crippen LogP contribution in [0.25, 0.3) is 0 Å². The fraction of sp³-hybridized carbons (Fsp3) is 0.333. The average Bonchev–Trinajstić information content (AvgIpc) is 1.62. The molecule has 1 heterocycles. The normalized spacial score (nSPS) is 18.0. The number of aliphatic imine (C=N–C) groups is 2. The van der Waals surface area contributed by atoms with Crippen molar-refractivity contribution >= 4 is 12.6 Å². The lowest BCUT2D eigenvalue weighted by molar-refractivity contribution is 1.11. The first-order valence-corrected chi connectivity index (χ1v) is 2.61. The van der Waals surface area contributed by atoms with Gasteiger partial charge in [0, 0.05) is 12.4 Å². The molecular weight excluding hydrogens is 100 g/mol. The van der Waals surface area contributed by atoms with Crippen LogP contribution in [0.4, 0.5) is 0 Å². The van der Waals surface area contributed by atoms with Gasteiger partial charge in [-0.1, -0.05) is 6.08 Å². The van der Waals surface area contributed by atoms with Crippen LogP contribution in [0.15, 0.2) is 22.3 Å². The summed E-state index contributed by atoms with van der Waals surface area (Å²) in [5.41, 5.74) is 0. The van der Waals surface area contributed by atoms with E-state index in [0.29, 0.717) is 0 Å². The van der Waals surface area contributed by atoms with Gasteiger partial charge in [-0.15, -0.1) is 0 Å². The average molecular weight is 107 g/mol. The molecule has 0 amide bonds. The van der Waals surface area contributed by atoms with Gasteiger partial charge in [0.1, 0.15) is 0 Å². The summed E-state index contributed by atoms with van der Waals surface area (Å²) in [6.07, 6.45) is 10.1. The zero-order valence-electron chi connectivity index (χ0n) is 4.54. The number of rotatable bonds is 0. The van der Waals surface area contributed by atoms with Gasteiger partial charge in [0.05, 0.1) is 0 Å². The van der Waals surface area contributed by atoms with Crippen LogP contribution in [0.3, 0.4) is 0 Å². The maximum atomic E-state index is 3.74. The third kappa shape index (κ3) is 1.69. The Kier molecular flexibility index (Phi) is 2.04. The van der Waals surface area contributed by atoms with Crippen LogP contribution >= 0.6 is 0 Å². The van der Waals surface area contributed by atoms with Gasteiger partial charge in [0.15, 0.2) is 6.34 Å². The molecule has 0 N–H and O–H groups in total. The Bertz CT molecular complexity index is 117. The lowest BCUT2D eigenvalue weighted by Crippen LogP contribution is -1.76. The van der Waals surface area contributed by atoms with Crippen molar-refractivity contribution in [2.75, 3.05) is 0 Å². The minimum Gasteiger partial charge on any atom is -0.238 e. The van der Waals surface area contributed by atoms with Crippen LogP contribution in [-0.2, 0) is 0 Å². The van der Waals surface area contributed by atoms with Crippen molar-refractivity contribution in [1.82, 2.24) is 0 Å². The molecule has 0 aromatic carbocycles. The summed E-state index contributed by atoms with van der Waals surface area (Å²) in [5, 5.41) is 0. The standard InChI is InChI=1S/C6H7N2/c1-2-4-7-6-8-5-3-1/h2,4-5H,1,3H2. The summed E-state index contributed by atoms with van der Waals surface area (Å²) in [4.78, 5) is 7.44. The lowest BCUT2D eigenvalue weighted by Gasteiger charge is -1.84. The number of nitrogens with zero attached hydrogens (tertiary/aromatic N) is 2. The molecule has 2 heteroatoms. The molecule has 1 radical (unpaired) electrons. The van der Waals surface area contributed by atoms with Gasteiger partial charge in [0.2, 0.25) is 0 Å². The Morgan fingerprint density at radius 1 is 1.38 bits per heavy atom. The quantitative estimate of drug-likeness (QED) is 0.445. The molecule has 0 fully saturated rings. The van der Waals surface area contributed by atoms with Gasteiger partial charge in [-0.3, -0.25) is 0 Å².